The fraction of sp³-hybridized carbons (Fsp3) is 0.267. The van der Waals surface area contributed by atoms with Crippen molar-refractivity contribution in [3.8, 4) is 0 Å². The van der Waals surface area contributed by atoms with Crippen molar-refractivity contribution >= 4 is 29.1 Å². The molecule has 1 aliphatic rings. The zero-order chi connectivity index (χ0) is 16.5. The first-order chi connectivity index (χ1) is 10.4. The molecule has 0 spiro atoms. The van der Waals surface area contributed by atoms with Crippen molar-refractivity contribution in [1.82, 2.24) is 9.88 Å². The topological polar surface area (TPSA) is 90.7 Å². The van der Waals surface area contributed by atoms with E-state index >= 15 is 0 Å². The summed E-state index contributed by atoms with van der Waals surface area (Å²) in [6.45, 7) is 2.09. The number of nitrogens with zero attached hydrogens (tertiary/aromatic N) is 2. The zero-order valence-corrected chi connectivity index (χ0v) is 12.8. The van der Waals surface area contributed by atoms with Gasteiger partial charge in [-0.25, -0.2) is 14.6 Å². The Bertz CT molecular complexity index is 583. The highest BCUT2D eigenvalue weighted by Crippen LogP contribution is 2.19. The molecule has 0 saturated carbocycles. The maximum absolute atomic E-state index is 9.55. The smallest absolute Gasteiger partial charge is 0.328 e. The van der Waals surface area contributed by atoms with E-state index in [9.17, 15) is 9.59 Å². The number of hydrogen-bond acceptors (Lipinski definition) is 4. The Hall–Kier alpha value is -2.18. The van der Waals surface area contributed by atoms with Gasteiger partial charge in [-0.15, -0.1) is 0 Å². The molecule has 118 valence electrons. The van der Waals surface area contributed by atoms with Crippen LogP contribution in [0.15, 0.2) is 36.4 Å². The number of halogens is 1. The molecule has 22 heavy (non-hydrogen) atoms. The number of rotatable bonds is 3. The molecule has 0 aliphatic carbocycles. The fourth-order valence-electron chi connectivity index (χ4n) is 1.81. The molecular formula is C15H17ClN2O4. The van der Waals surface area contributed by atoms with Gasteiger partial charge in [0, 0.05) is 25.2 Å². The van der Waals surface area contributed by atoms with Gasteiger partial charge in [0.25, 0.3) is 0 Å². The fourth-order valence-corrected chi connectivity index (χ4v) is 1.97. The van der Waals surface area contributed by atoms with Gasteiger partial charge in [0.2, 0.25) is 0 Å². The first kappa shape index (κ1) is 17.9. The van der Waals surface area contributed by atoms with Crippen LogP contribution >= 0.6 is 11.6 Å². The van der Waals surface area contributed by atoms with Crippen molar-refractivity contribution in [3.63, 3.8) is 0 Å². The summed E-state index contributed by atoms with van der Waals surface area (Å²) in [4.78, 5) is 25.7. The van der Waals surface area contributed by atoms with Crippen molar-refractivity contribution < 1.29 is 19.8 Å². The summed E-state index contributed by atoms with van der Waals surface area (Å²) in [7, 11) is 2.12. The van der Waals surface area contributed by atoms with Gasteiger partial charge in [0.1, 0.15) is 5.15 Å². The zero-order valence-electron chi connectivity index (χ0n) is 12.1. The van der Waals surface area contributed by atoms with Crippen LogP contribution in [0.4, 0.5) is 0 Å². The molecule has 1 aromatic heterocycles. The molecule has 2 rings (SSSR count). The lowest BCUT2D eigenvalue weighted by Crippen LogP contribution is -2.25. The standard InChI is InChI=1S/C11H13ClN2.C4H4O4/c1-14-7-3-4-9(8-14)10-5-2-6-11(12)13-10;5-3(6)1-2-4(7)8/h2,4-6H,3,7-8H2,1H3;1-2H,(H,5,6)(H,7,8). The van der Waals surface area contributed by atoms with Gasteiger partial charge >= 0.3 is 11.9 Å². The molecule has 0 bridgehead atoms. The summed E-state index contributed by atoms with van der Waals surface area (Å²) in [6, 6.07) is 5.76. The number of carboxylic acids is 2. The van der Waals surface area contributed by atoms with Crippen molar-refractivity contribution in [2.45, 2.75) is 6.42 Å². The van der Waals surface area contributed by atoms with Gasteiger partial charge in [-0.3, -0.25) is 0 Å². The molecule has 0 radical (unpaired) electrons. The minimum Gasteiger partial charge on any atom is -0.478 e. The molecule has 6 nitrogen and oxygen atoms in total. The monoisotopic (exact) mass is 324 g/mol. The highest BCUT2D eigenvalue weighted by Gasteiger charge is 2.11. The van der Waals surface area contributed by atoms with Crippen LogP contribution in [-0.2, 0) is 9.59 Å². The van der Waals surface area contributed by atoms with Crippen LogP contribution in [-0.4, -0.2) is 52.2 Å². The van der Waals surface area contributed by atoms with Crippen LogP contribution in [0.2, 0.25) is 5.15 Å². The van der Waals surface area contributed by atoms with E-state index in [4.69, 9.17) is 21.8 Å². The van der Waals surface area contributed by atoms with E-state index in [0.29, 0.717) is 17.3 Å². The van der Waals surface area contributed by atoms with Crippen LogP contribution in [0, 0.1) is 0 Å². The van der Waals surface area contributed by atoms with Crippen LogP contribution in [0.25, 0.3) is 5.57 Å². The van der Waals surface area contributed by atoms with E-state index in [1.807, 2.05) is 12.1 Å². The molecule has 1 aromatic rings. The molecule has 0 amide bonds. The van der Waals surface area contributed by atoms with Crippen LogP contribution < -0.4 is 0 Å². The average Bonchev–Trinajstić information content (AvgIpc) is 2.46. The molecule has 2 heterocycles. The lowest BCUT2D eigenvalue weighted by molar-refractivity contribution is -0.134. The molecule has 7 heteroatoms. The summed E-state index contributed by atoms with van der Waals surface area (Å²) < 4.78 is 0. The van der Waals surface area contributed by atoms with Crippen LogP contribution in [0.5, 0.6) is 0 Å². The largest absolute Gasteiger partial charge is 0.478 e. The van der Waals surface area contributed by atoms with Gasteiger partial charge in [-0.05, 0) is 31.2 Å². The Morgan fingerprint density at radius 3 is 2.41 bits per heavy atom. The van der Waals surface area contributed by atoms with Crippen molar-refractivity contribution in [3.05, 3.63) is 47.3 Å². The minimum absolute atomic E-state index is 0.558. The molecule has 1 aliphatic heterocycles. The van der Waals surface area contributed by atoms with E-state index in [-0.39, 0.29) is 0 Å². The minimum atomic E-state index is -1.26. The number of hydrogen-bond donors (Lipinski definition) is 2. The molecule has 0 aromatic carbocycles. The summed E-state index contributed by atoms with van der Waals surface area (Å²) in [6.07, 6.45) is 4.46. The van der Waals surface area contributed by atoms with Crippen molar-refractivity contribution in [2.24, 2.45) is 0 Å². The second-order valence-electron chi connectivity index (χ2n) is 4.61. The maximum Gasteiger partial charge on any atom is 0.328 e. The molecule has 0 saturated heterocycles. The van der Waals surface area contributed by atoms with Crippen molar-refractivity contribution in [2.75, 3.05) is 20.1 Å². The Morgan fingerprint density at radius 2 is 1.91 bits per heavy atom. The lowest BCUT2D eigenvalue weighted by atomic mass is 10.1. The molecular weight excluding hydrogens is 308 g/mol. The van der Waals surface area contributed by atoms with E-state index in [1.165, 1.54) is 5.57 Å². The number of aromatic nitrogens is 1. The average molecular weight is 325 g/mol. The third-order valence-corrected chi connectivity index (χ3v) is 2.96. The van der Waals surface area contributed by atoms with Crippen LogP contribution in [0.3, 0.4) is 0 Å². The molecule has 0 atom stereocenters. The van der Waals surface area contributed by atoms with Gasteiger partial charge in [-0.2, -0.15) is 0 Å². The lowest BCUT2D eigenvalue weighted by Gasteiger charge is -2.22. The number of likely N-dealkylation sites (N-methyl/N-ethyl adjacent to an activating group) is 1. The Labute approximate surface area is 133 Å². The Morgan fingerprint density at radius 1 is 1.27 bits per heavy atom. The quantitative estimate of drug-likeness (QED) is 0.654. The molecule has 2 N–H and O–H groups in total. The van der Waals surface area contributed by atoms with E-state index in [0.717, 1.165) is 25.2 Å². The number of pyridine rings is 1. The Balaban J connectivity index is 0.000000261. The third kappa shape index (κ3) is 7.01. The second kappa shape index (κ2) is 8.96. The van der Waals surface area contributed by atoms with Gasteiger partial charge in [-0.1, -0.05) is 23.7 Å². The van der Waals surface area contributed by atoms with E-state index < -0.39 is 11.9 Å². The maximum atomic E-state index is 9.55. The Kier molecular flexibility index (Phi) is 7.28. The van der Waals surface area contributed by atoms with Crippen LogP contribution in [0.1, 0.15) is 12.1 Å². The normalized spacial score (nSPS) is 14.9. The van der Waals surface area contributed by atoms with E-state index in [2.05, 4.69) is 23.0 Å². The number of carbonyl (C=O) groups is 2. The van der Waals surface area contributed by atoms with Gasteiger partial charge in [0.05, 0.1) is 5.69 Å². The predicted octanol–water partition coefficient (Wildman–Crippen LogP) is 2.17. The number of carboxylic acid groups (broad SMARTS) is 2. The molecule has 0 unspecified atom stereocenters. The highest BCUT2D eigenvalue weighted by atomic mass is 35.5. The first-order valence-electron chi connectivity index (χ1n) is 6.53. The van der Waals surface area contributed by atoms with Gasteiger partial charge < -0.3 is 15.1 Å². The summed E-state index contributed by atoms with van der Waals surface area (Å²) >= 11 is 5.85. The third-order valence-electron chi connectivity index (χ3n) is 2.75. The second-order valence-corrected chi connectivity index (χ2v) is 5.00. The van der Waals surface area contributed by atoms with Crippen molar-refractivity contribution in [1.29, 1.82) is 0 Å². The summed E-state index contributed by atoms with van der Waals surface area (Å²) in [5.74, 6) is -2.51. The summed E-state index contributed by atoms with van der Waals surface area (Å²) in [5.41, 5.74) is 2.28. The predicted molar refractivity (Wildman–Crippen MR) is 83.7 cm³/mol. The molecule has 0 fully saturated rings. The SMILES string of the molecule is CN1CCC=C(c2cccc(Cl)n2)C1.O=C(O)C=CC(=O)O. The first-order valence-corrected chi connectivity index (χ1v) is 6.90. The number of aliphatic carboxylic acids is 2. The highest BCUT2D eigenvalue weighted by molar-refractivity contribution is 6.29. The summed E-state index contributed by atoms with van der Waals surface area (Å²) in [5, 5.41) is 16.2. The van der Waals surface area contributed by atoms with Gasteiger partial charge in [0.15, 0.2) is 0 Å². The van der Waals surface area contributed by atoms with E-state index in [1.54, 1.807) is 6.07 Å².